The molecular formula is C17H12ClNO3. The third-order valence-electron chi connectivity index (χ3n) is 3.77. The fourth-order valence-corrected chi connectivity index (χ4v) is 2.96. The van der Waals surface area contributed by atoms with E-state index < -0.39 is 0 Å². The van der Waals surface area contributed by atoms with Crippen LogP contribution in [0.25, 0.3) is 11.0 Å². The van der Waals surface area contributed by atoms with Crippen molar-refractivity contribution in [3.63, 3.8) is 0 Å². The van der Waals surface area contributed by atoms with Crippen molar-refractivity contribution in [1.29, 1.82) is 0 Å². The highest BCUT2D eigenvalue weighted by molar-refractivity contribution is 6.33. The van der Waals surface area contributed by atoms with E-state index in [4.69, 9.17) is 20.8 Å². The Morgan fingerprint density at radius 3 is 2.73 bits per heavy atom. The van der Waals surface area contributed by atoms with Crippen LogP contribution in [0.1, 0.15) is 5.56 Å². The van der Waals surface area contributed by atoms with E-state index in [2.05, 4.69) is 0 Å². The topological polar surface area (TPSA) is 42.7 Å². The Morgan fingerprint density at radius 1 is 1.05 bits per heavy atom. The lowest BCUT2D eigenvalue weighted by Crippen LogP contribution is -2.32. The Balaban J connectivity index is 1.84. The van der Waals surface area contributed by atoms with Crippen LogP contribution < -0.4 is 15.3 Å². The third-order valence-corrected chi connectivity index (χ3v) is 4.09. The number of halogens is 1. The fraction of sp³-hybridized carbons (Fsp3) is 0.118. The van der Waals surface area contributed by atoms with Crippen LogP contribution in [0.3, 0.4) is 0 Å². The molecule has 0 aliphatic carbocycles. The van der Waals surface area contributed by atoms with Crippen LogP contribution in [0, 0.1) is 0 Å². The van der Waals surface area contributed by atoms with E-state index >= 15 is 0 Å². The molecule has 0 amide bonds. The smallest absolute Gasteiger partial charge is 0.336 e. The molecule has 22 heavy (non-hydrogen) atoms. The number of ether oxygens (including phenoxy) is 1. The zero-order chi connectivity index (χ0) is 15.1. The summed E-state index contributed by atoms with van der Waals surface area (Å²) in [7, 11) is 0. The number of rotatable bonds is 1. The second-order valence-electron chi connectivity index (χ2n) is 5.14. The van der Waals surface area contributed by atoms with Gasteiger partial charge in [-0.3, -0.25) is 0 Å². The van der Waals surface area contributed by atoms with E-state index in [9.17, 15) is 4.79 Å². The molecule has 2 heterocycles. The molecule has 0 radical (unpaired) electrons. The average Bonchev–Trinajstić information content (AvgIpc) is 2.55. The Bertz CT molecular complexity index is 919. The Hall–Kier alpha value is -2.46. The van der Waals surface area contributed by atoms with E-state index in [-0.39, 0.29) is 5.63 Å². The van der Waals surface area contributed by atoms with Crippen LogP contribution in [-0.4, -0.2) is 6.73 Å². The van der Waals surface area contributed by atoms with Gasteiger partial charge >= 0.3 is 5.63 Å². The predicted octanol–water partition coefficient (Wildman–Crippen LogP) is 3.80. The van der Waals surface area contributed by atoms with E-state index in [1.54, 1.807) is 6.07 Å². The molecule has 1 aliphatic heterocycles. The van der Waals surface area contributed by atoms with Crippen molar-refractivity contribution in [3.05, 3.63) is 69.5 Å². The number of anilines is 1. The van der Waals surface area contributed by atoms with E-state index in [1.165, 1.54) is 6.07 Å². The molecule has 1 aliphatic rings. The predicted molar refractivity (Wildman–Crippen MR) is 85.6 cm³/mol. The highest BCUT2D eigenvalue weighted by Gasteiger charge is 2.22. The minimum absolute atomic E-state index is 0.365. The summed E-state index contributed by atoms with van der Waals surface area (Å²) in [6.07, 6.45) is 0. The molecule has 3 aromatic rings. The maximum atomic E-state index is 11.5. The van der Waals surface area contributed by atoms with Gasteiger partial charge in [0.15, 0.2) is 6.73 Å². The molecule has 2 aromatic carbocycles. The summed E-state index contributed by atoms with van der Waals surface area (Å²) < 4.78 is 11.2. The van der Waals surface area contributed by atoms with Gasteiger partial charge in [-0.25, -0.2) is 4.79 Å². The second-order valence-corrected chi connectivity index (χ2v) is 5.55. The van der Waals surface area contributed by atoms with Gasteiger partial charge in [-0.1, -0.05) is 23.7 Å². The summed E-state index contributed by atoms with van der Waals surface area (Å²) in [5, 5.41) is 1.54. The first-order chi connectivity index (χ1) is 10.7. The highest BCUT2D eigenvalue weighted by Crippen LogP contribution is 2.35. The monoisotopic (exact) mass is 313 g/mol. The van der Waals surface area contributed by atoms with Gasteiger partial charge in [0, 0.05) is 11.5 Å². The zero-order valence-electron chi connectivity index (χ0n) is 11.6. The fourth-order valence-electron chi connectivity index (χ4n) is 2.70. The lowest BCUT2D eigenvalue weighted by atomic mass is 10.1. The molecule has 4 rings (SSSR count). The number of hydrogen-bond acceptors (Lipinski definition) is 4. The molecular weight excluding hydrogens is 302 g/mol. The number of benzene rings is 2. The Kier molecular flexibility index (Phi) is 3.05. The standard InChI is InChI=1S/C17H12ClNO3/c18-13-3-1-2-4-14(13)19-9-12-15(21-10-19)7-5-11-6-8-16(20)22-17(11)12/h1-8H,9-10H2. The molecule has 5 heteroatoms. The van der Waals surface area contributed by atoms with Gasteiger partial charge < -0.3 is 14.1 Å². The van der Waals surface area contributed by atoms with E-state index in [0.29, 0.717) is 23.9 Å². The minimum atomic E-state index is -0.365. The van der Waals surface area contributed by atoms with Crippen LogP contribution in [0.15, 0.2) is 57.7 Å². The third kappa shape index (κ3) is 2.12. The quantitative estimate of drug-likeness (QED) is 0.641. The van der Waals surface area contributed by atoms with Crippen molar-refractivity contribution in [2.45, 2.75) is 6.54 Å². The molecule has 0 fully saturated rings. The molecule has 0 saturated carbocycles. The van der Waals surface area contributed by atoms with E-state index in [0.717, 1.165) is 22.4 Å². The molecule has 0 saturated heterocycles. The first kappa shape index (κ1) is 13.2. The van der Waals surface area contributed by atoms with Crippen LogP contribution >= 0.6 is 11.6 Å². The molecule has 0 atom stereocenters. The SMILES string of the molecule is O=c1ccc2ccc3c(c2o1)CN(c1ccccc1Cl)CO3. The van der Waals surface area contributed by atoms with Crippen molar-refractivity contribution < 1.29 is 9.15 Å². The number of nitrogens with zero attached hydrogens (tertiary/aromatic N) is 1. The van der Waals surface area contributed by atoms with Crippen LogP contribution in [0.5, 0.6) is 5.75 Å². The maximum absolute atomic E-state index is 11.5. The molecule has 0 N–H and O–H groups in total. The summed E-state index contributed by atoms with van der Waals surface area (Å²) in [6, 6.07) is 14.6. The zero-order valence-corrected chi connectivity index (χ0v) is 12.3. The van der Waals surface area contributed by atoms with E-state index in [1.807, 2.05) is 41.3 Å². The largest absolute Gasteiger partial charge is 0.473 e. The normalized spacial score (nSPS) is 13.8. The van der Waals surface area contributed by atoms with Crippen LogP contribution in [-0.2, 0) is 6.54 Å². The van der Waals surface area contributed by atoms with Crippen molar-refractivity contribution in [2.24, 2.45) is 0 Å². The molecule has 0 bridgehead atoms. The van der Waals surface area contributed by atoms with Crippen molar-refractivity contribution in [3.8, 4) is 5.75 Å². The summed E-state index contributed by atoms with van der Waals surface area (Å²) in [5.41, 5.74) is 1.96. The van der Waals surface area contributed by atoms with Crippen molar-refractivity contribution in [1.82, 2.24) is 0 Å². The first-order valence-corrected chi connectivity index (χ1v) is 7.28. The van der Waals surface area contributed by atoms with Gasteiger partial charge in [0.1, 0.15) is 11.3 Å². The molecule has 0 spiro atoms. The number of fused-ring (bicyclic) bond motifs is 3. The van der Waals surface area contributed by atoms with Gasteiger partial charge in [0.2, 0.25) is 0 Å². The minimum Gasteiger partial charge on any atom is -0.473 e. The number of para-hydroxylation sites is 1. The summed E-state index contributed by atoms with van der Waals surface area (Å²) in [6.45, 7) is 0.975. The van der Waals surface area contributed by atoms with Crippen LogP contribution in [0.4, 0.5) is 5.69 Å². The Labute approximate surface area is 131 Å². The van der Waals surface area contributed by atoms with Gasteiger partial charge in [-0.2, -0.15) is 0 Å². The maximum Gasteiger partial charge on any atom is 0.336 e. The lowest BCUT2D eigenvalue weighted by Gasteiger charge is -2.31. The van der Waals surface area contributed by atoms with Gasteiger partial charge in [0.25, 0.3) is 0 Å². The van der Waals surface area contributed by atoms with Crippen molar-refractivity contribution >= 4 is 28.3 Å². The van der Waals surface area contributed by atoms with Gasteiger partial charge in [0.05, 0.1) is 22.8 Å². The molecule has 4 nitrogen and oxygen atoms in total. The summed E-state index contributed by atoms with van der Waals surface area (Å²) in [5.74, 6) is 0.741. The number of hydrogen-bond donors (Lipinski definition) is 0. The lowest BCUT2D eigenvalue weighted by molar-refractivity contribution is 0.289. The average molecular weight is 314 g/mol. The first-order valence-electron chi connectivity index (χ1n) is 6.90. The molecule has 1 aromatic heterocycles. The highest BCUT2D eigenvalue weighted by atomic mass is 35.5. The van der Waals surface area contributed by atoms with Gasteiger partial charge in [-0.05, 0) is 30.3 Å². The second kappa shape index (κ2) is 5.07. The molecule has 110 valence electrons. The Morgan fingerprint density at radius 2 is 1.86 bits per heavy atom. The summed E-state index contributed by atoms with van der Waals surface area (Å²) >= 11 is 6.26. The van der Waals surface area contributed by atoms with Crippen molar-refractivity contribution in [2.75, 3.05) is 11.6 Å². The summed E-state index contributed by atoms with van der Waals surface area (Å²) in [4.78, 5) is 13.5. The van der Waals surface area contributed by atoms with Gasteiger partial charge in [-0.15, -0.1) is 0 Å². The van der Waals surface area contributed by atoms with Crippen LogP contribution in [0.2, 0.25) is 5.02 Å². The molecule has 0 unspecified atom stereocenters.